The molecule has 64 valence electrons. The molecule has 0 rings (SSSR count). The van der Waals surface area contributed by atoms with Gasteiger partial charge in [0.05, 0.1) is 6.07 Å². The molecule has 0 heterocycles. The van der Waals surface area contributed by atoms with Crippen LogP contribution in [0.4, 0.5) is 0 Å². The molecule has 0 aliphatic carbocycles. The zero-order chi connectivity index (χ0) is 9.11. The van der Waals surface area contributed by atoms with Crippen LogP contribution in [-0.2, 0) is 0 Å². The maximum Gasteiger partial charge on any atom is 0.0655 e. The van der Waals surface area contributed by atoms with Gasteiger partial charge in [0, 0.05) is 5.92 Å². The van der Waals surface area contributed by atoms with Gasteiger partial charge in [-0.15, -0.1) is 13.2 Å². The Hall–Kier alpha value is -0.770. The zero-order valence-electron chi connectivity index (χ0n) is 7.77. The van der Waals surface area contributed by atoms with Gasteiger partial charge >= 0.3 is 0 Å². The second kappa shape index (κ2) is 12.0. The van der Waals surface area contributed by atoms with Gasteiger partial charge in [0.1, 0.15) is 0 Å². The minimum atomic E-state index is 0.319. The van der Waals surface area contributed by atoms with E-state index in [-0.39, 0.29) is 0 Å². The fourth-order valence-electron chi connectivity index (χ4n) is 0.970. The van der Waals surface area contributed by atoms with Crippen molar-refractivity contribution in [1.82, 2.24) is 0 Å². The van der Waals surface area contributed by atoms with Crippen molar-refractivity contribution in [2.45, 2.75) is 39.5 Å². The average Bonchev–Trinajstić information content (AvgIpc) is 2.08. The molecule has 0 aliphatic heterocycles. The molecule has 0 aliphatic rings. The first-order chi connectivity index (χ1) is 5.35. The largest absolute Gasteiger partial charge is 0.198 e. The van der Waals surface area contributed by atoms with E-state index in [4.69, 9.17) is 5.26 Å². The Morgan fingerprint density at radius 3 is 1.73 bits per heavy atom. The minimum Gasteiger partial charge on any atom is -0.198 e. The molecule has 1 nitrogen and oxygen atoms in total. The lowest BCUT2D eigenvalue weighted by Crippen LogP contribution is -1.94. The van der Waals surface area contributed by atoms with E-state index in [9.17, 15) is 0 Å². The summed E-state index contributed by atoms with van der Waals surface area (Å²) >= 11 is 0. The summed E-state index contributed by atoms with van der Waals surface area (Å²) in [6.45, 7) is 10.2. The van der Waals surface area contributed by atoms with Crippen LogP contribution in [0.15, 0.2) is 13.2 Å². The summed E-state index contributed by atoms with van der Waals surface area (Å²) in [6.07, 6.45) is 4.42. The van der Waals surface area contributed by atoms with E-state index >= 15 is 0 Å². The monoisotopic (exact) mass is 153 g/mol. The molecule has 11 heavy (non-hydrogen) atoms. The summed E-state index contributed by atoms with van der Waals surface area (Å²) < 4.78 is 0. The van der Waals surface area contributed by atoms with Crippen LogP contribution in [0.5, 0.6) is 0 Å². The summed E-state index contributed by atoms with van der Waals surface area (Å²) in [5, 5.41) is 8.54. The number of hydrogen-bond acceptors (Lipinski definition) is 1. The summed E-state index contributed by atoms with van der Waals surface area (Å²) in [5.74, 6) is 0.319. The predicted octanol–water partition coefficient (Wildman–Crippen LogP) is 3.53. The van der Waals surface area contributed by atoms with E-state index in [0.717, 1.165) is 25.7 Å². The lowest BCUT2D eigenvalue weighted by atomic mass is 10.0. The van der Waals surface area contributed by atoms with Gasteiger partial charge in [-0.3, -0.25) is 0 Å². The van der Waals surface area contributed by atoms with E-state index in [1.54, 1.807) is 0 Å². The van der Waals surface area contributed by atoms with Crippen LogP contribution in [-0.4, -0.2) is 0 Å². The molecule has 1 heteroatoms. The van der Waals surface area contributed by atoms with Crippen molar-refractivity contribution in [2.24, 2.45) is 5.92 Å². The topological polar surface area (TPSA) is 23.8 Å². The van der Waals surface area contributed by atoms with Crippen LogP contribution in [0.3, 0.4) is 0 Å². The number of nitrogens with zero attached hydrogens (tertiary/aromatic N) is 1. The third-order valence-corrected chi connectivity index (χ3v) is 1.46. The summed E-state index contributed by atoms with van der Waals surface area (Å²) in [7, 11) is 0. The molecule has 0 N–H and O–H groups in total. The van der Waals surface area contributed by atoms with Crippen molar-refractivity contribution in [3.05, 3.63) is 13.2 Å². The Morgan fingerprint density at radius 2 is 1.55 bits per heavy atom. The van der Waals surface area contributed by atoms with Gasteiger partial charge < -0.3 is 0 Å². The van der Waals surface area contributed by atoms with Crippen molar-refractivity contribution in [1.29, 1.82) is 5.26 Å². The van der Waals surface area contributed by atoms with E-state index in [2.05, 4.69) is 33.1 Å². The van der Waals surface area contributed by atoms with Crippen LogP contribution >= 0.6 is 0 Å². The van der Waals surface area contributed by atoms with E-state index in [1.807, 2.05) is 0 Å². The van der Waals surface area contributed by atoms with Crippen molar-refractivity contribution >= 4 is 0 Å². The van der Waals surface area contributed by atoms with Crippen LogP contribution in [0.2, 0.25) is 0 Å². The molecule has 0 aromatic heterocycles. The molecular weight excluding hydrogens is 134 g/mol. The summed E-state index contributed by atoms with van der Waals surface area (Å²) in [4.78, 5) is 0. The molecule has 0 saturated heterocycles. The SMILES string of the molecule is C=C.CCCC(C#N)CCC. The normalized spacial score (nSPS) is 8.18. The van der Waals surface area contributed by atoms with Gasteiger partial charge in [-0.2, -0.15) is 5.26 Å². The first kappa shape index (κ1) is 12.9. The zero-order valence-corrected chi connectivity index (χ0v) is 7.77. The minimum absolute atomic E-state index is 0.319. The van der Waals surface area contributed by atoms with Crippen molar-refractivity contribution in [3.63, 3.8) is 0 Å². The molecule has 0 radical (unpaired) electrons. The predicted molar refractivity (Wildman–Crippen MR) is 50.2 cm³/mol. The Balaban J connectivity index is 0. The molecular formula is C10H19N. The molecule has 0 unspecified atom stereocenters. The van der Waals surface area contributed by atoms with Gasteiger partial charge in [0.2, 0.25) is 0 Å². The highest BCUT2D eigenvalue weighted by atomic mass is 14.3. The highest BCUT2D eigenvalue weighted by Crippen LogP contribution is 2.10. The second-order valence-corrected chi connectivity index (χ2v) is 2.40. The fraction of sp³-hybridized carbons (Fsp3) is 0.700. The van der Waals surface area contributed by atoms with Crippen LogP contribution in [0.1, 0.15) is 39.5 Å². The van der Waals surface area contributed by atoms with Crippen molar-refractivity contribution in [2.75, 3.05) is 0 Å². The molecule has 0 spiro atoms. The first-order valence-electron chi connectivity index (χ1n) is 4.24. The number of nitriles is 1. The van der Waals surface area contributed by atoms with Gasteiger partial charge in [0.25, 0.3) is 0 Å². The molecule has 0 saturated carbocycles. The summed E-state index contributed by atoms with van der Waals surface area (Å²) in [5.41, 5.74) is 0. The van der Waals surface area contributed by atoms with Gasteiger partial charge in [0.15, 0.2) is 0 Å². The molecule has 0 fully saturated rings. The van der Waals surface area contributed by atoms with Crippen molar-refractivity contribution < 1.29 is 0 Å². The third-order valence-electron chi connectivity index (χ3n) is 1.46. The Kier molecular flexibility index (Phi) is 14.0. The quantitative estimate of drug-likeness (QED) is 0.567. The number of hydrogen-bond donors (Lipinski definition) is 0. The summed E-state index contributed by atoms with van der Waals surface area (Å²) in [6, 6.07) is 2.30. The second-order valence-electron chi connectivity index (χ2n) is 2.40. The van der Waals surface area contributed by atoms with E-state index in [0.29, 0.717) is 5.92 Å². The maximum absolute atomic E-state index is 8.54. The van der Waals surface area contributed by atoms with Gasteiger partial charge in [-0.1, -0.05) is 26.7 Å². The fourth-order valence-corrected chi connectivity index (χ4v) is 0.970. The Labute approximate surface area is 70.7 Å². The Morgan fingerprint density at radius 1 is 1.18 bits per heavy atom. The lowest BCUT2D eigenvalue weighted by Gasteiger charge is -2.02. The highest BCUT2D eigenvalue weighted by Gasteiger charge is 2.02. The third kappa shape index (κ3) is 9.23. The number of rotatable bonds is 4. The van der Waals surface area contributed by atoms with E-state index in [1.165, 1.54) is 0 Å². The highest BCUT2D eigenvalue weighted by molar-refractivity contribution is 4.81. The smallest absolute Gasteiger partial charge is 0.0655 e. The lowest BCUT2D eigenvalue weighted by molar-refractivity contribution is 0.540. The standard InChI is InChI=1S/C8H15N.C2H4/c1-3-5-8(7-9)6-4-2;1-2/h8H,3-6H2,1-2H3;1-2H2. The molecule has 0 aromatic rings. The van der Waals surface area contributed by atoms with Crippen LogP contribution < -0.4 is 0 Å². The average molecular weight is 153 g/mol. The van der Waals surface area contributed by atoms with Gasteiger partial charge in [-0.25, -0.2) is 0 Å². The maximum atomic E-state index is 8.54. The van der Waals surface area contributed by atoms with E-state index < -0.39 is 0 Å². The Bertz CT molecular complexity index is 95.9. The molecule has 0 amide bonds. The molecule has 0 bridgehead atoms. The van der Waals surface area contributed by atoms with Gasteiger partial charge in [-0.05, 0) is 12.8 Å². The first-order valence-corrected chi connectivity index (χ1v) is 4.24. The van der Waals surface area contributed by atoms with Crippen LogP contribution in [0, 0.1) is 17.2 Å². The van der Waals surface area contributed by atoms with Crippen LogP contribution in [0.25, 0.3) is 0 Å². The molecule has 0 aromatic carbocycles. The van der Waals surface area contributed by atoms with Crippen molar-refractivity contribution in [3.8, 4) is 6.07 Å². The molecule has 0 atom stereocenters.